The van der Waals surface area contributed by atoms with Gasteiger partial charge in [0.1, 0.15) is 11.5 Å². The van der Waals surface area contributed by atoms with Gasteiger partial charge in [0.05, 0.1) is 19.7 Å². The molecule has 3 aromatic rings. The average Bonchev–Trinajstić information content (AvgIpc) is 3.29. The number of anilines is 2. The highest BCUT2D eigenvalue weighted by Crippen LogP contribution is 2.35. The van der Waals surface area contributed by atoms with E-state index in [1.165, 1.54) is 6.20 Å². The smallest absolute Gasteiger partial charge is 0.220 e. The van der Waals surface area contributed by atoms with Crippen molar-refractivity contribution in [3.8, 4) is 11.5 Å². The van der Waals surface area contributed by atoms with Crippen molar-refractivity contribution in [2.45, 2.75) is 18.9 Å². The molecule has 4 rings (SSSR count). The number of hydrogen-bond donors (Lipinski definition) is 2. The number of nitrogens with two attached hydrogens (primary N) is 1. The van der Waals surface area contributed by atoms with E-state index in [4.69, 9.17) is 15.2 Å². The first-order valence-electron chi connectivity index (χ1n) is 11.1. The standard InChI is InChI=1S/C26H29N5O3/c1-28-14-19(13-27)18-8-17-9-21(5-6-25(17)29-15-18)31(16-20-4-7-26(32)30-20)22-10-23(33-2)12-24(11-22)34-3/h5-6,8-15,20H,4,7,16,27H2,1-3H3,(H,30,32). The largest absolute Gasteiger partial charge is 0.497 e. The Bertz CT molecular complexity index is 1230. The molecular weight excluding hydrogens is 430 g/mol. The van der Waals surface area contributed by atoms with Crippen LogP contribution < -0.4 is 25.4 Å². The molecule has 0 spiro atoms. The second kappa shape index (κ2) is 10.2. The number of allylic oxidation sites excluding steroid dienone is 1. The quantitative estimate of drug-likeness (QED) is 0.499. The van der Waals surface area contributed by atoms with Crippen molar-refractivity contribution >= 4 is 40.0 Å². The fourth-order valence-corrected chi connectivity index (χ4v) is 4.14. The molecule has 3 N–H and O–H groups in total. The fourth-order valence-electron chi connectivity index (χ4n) is 4.14. The maximum Gasteiger partial charge on any atom is 0.220 e. The van der Waals surface area contributed by atoms with E-state index in [0.717, 1.165) is 39.8 Å². The van der Waals surface area contributed by atoms with E-state index in [9.17, 15) is 4.79 Å². The summed E-state index contributed by atoms with van der Waals surface area (Å²) in [4.78, 5) is 22.7. The summed E-state index contributed by atoms with van der Waals surface area (Å²) in [5.74, 6) is 1.46. The Balaban J connectivity index is 1.80. The van der Waals surface area contributed by atoms with Crippen LogP contribution in [-0.2, 0) is 4.79 Å². The zero-order valence-corrected chi connectivity index (χ0v) is 19.6. The number of carbonyl (C=O) groups excluding carboxylic acids is 1. The van der Waals surface area contributed by atoms with Gasteiger partial charge in [0.15, 0.2) is 0 Å². The van der Waals surface area contributed by atoms with Gasteiger partial charge in [-0.1, -0.05) is 0 Å². The molecule has 1 saturated heterocycles. The molecule has 2 aromatic carbocycles. The third-order valence-corrected chi connectivity index (χ3v) is 5.89. The van der Waals surface area contributed by atoms with E-state index < -0.39 is 0 Å². The van der Waals surface area contributed by atoms with Crippen LogP contribution in [0.3, 0.4) is 0 Å². The Morgan fingerprint density at radius 3 is 2.56 bits per heavy atom. The number of nitrogens with one attached hydrogen (secondary N) is 1. The van der Waals surface area contributed by atoms with Crippen molar-refractivity contribution in [2.24, 2.45) is 10.7 Å². The Morgan fingerprint density at radius 2 is 1.94 bits per heavy atom. The van der Waals surface area contributed by atoms with Crippen LogP contribution in [0.5, 0.6) is 11.5 Å². The summed E-state index contributed by atoms with van der Waals surface area (Å²) < 4.78 is 11.0. The van der Waals surface area contributed by atoms with Gasteiger partial charge in [-0.25, -0.2) is 0 Å². The van der Waals surface area contributed by atoms with Crippen LogP contribution in [0, 0.1) is 0 Å². The second-order valence-electron chi connectivity index (χ2n) is 8.09. The monoisotopic (exact) mass is 459 g/mol. The Labute approximate surface area is 199 Å². The summed E-state index contributed by atoms with van der Waals surface area (Å²) in [7, 11) is 4.97. The van der Waals surface area contributed by atoms with Gasteiger partial charge in [0, 0.05) is 90.8 Å². The number of methoxy groups -OCH3 is 2. The van der Waals surface area contributed by atoms with Crippen LogP contribution in [0.2, 0.25) is 0 Å². The van der Waals surface area contributed by atoms with Gasteiger partial charge >= 0.3 is 0 Å². The van der Waals surface area contributed by atoms with Crippen LogP contribution in [0.1, 0.15) is 18.4 Å². The lowest BCUT2D eigenvalue weighted by atomic mass is 10.1. The minimum absolute atomic E-state index is 0.0393. The zero-order valence-electron chi connectivity index (χ0n) is 19.6. The van der Waals surface area contributed by atoms with E-state index >= 15 is 0 Å². The van der Waals surface area contributed by atoms with Gasteiger partial charge < -0.3 is 25.4 Å². The lowest BCUT2D eigenvalue weighted by molar-refractivity contribution is -0.119. The molecule has 1 aliphatic heterocycles. The fraction of sp³-hybridized carbons (Fsp3) is 0.269. The average molecular weight is 460 g/mol. The van der Waals surface area contributed by atoms with E-state index in [1.807, 2.05) is 36.4 Å². The molecule has 34 heavy (non-hydrogen) atoms. The molecule has 1 aliphatic rings. The van der Waals surface area contributed by atoms with Crippen molar-refractivity contribution < 1.29 is 14.3 Å². The third kappa shape index (κ3) is 4.96. The van der Waals surface area contributed by atoms with E-state index in [-0.39, 0.29) is 11.9 Å². The lowest BCUT2D eigenvalue weighted by Crippen LogP contribution is -2.36. The van der Waals surface area contributed by atoms with Crippen LogP contribution in [-0.4, -0.2) is 51.0 Å². The maximum atomic E-state index is 11.9. The molecule has 176 valence electrons. The van der Waals surface area contributed by atoms with Crippen LogP contribution >= 0.6 is 0 Å². The van der Waals surface area contributed by atoms with E-state index in [1.54, 1.807) is 33.7 Å². The number of benzene rings is 2. The first kappa shape index (κ1) is 23.1. The molecule has 8 heteroatoms. The van der Waals surface area contributed by atoms with E-state index in [2.05, 4.69) is 26.3 Å². The molecule has 1 atom stereocenters. The van der Waals surface area contributed by atoms with Crippen LogP contribution in [0.4, 0.5) is 11.4 Å². The maximum absolute atomic E-state index is 11.9. The van der Waals surface area contributed by atoms with Crippen molar-refractivity contribution in [3.05, 3.63) is 60.4 Å². The summed E-state index contributed by atoms with van der Waals surface area (Å²) in [5.41, 5.74) is 10.2. The van der Waals surface area contributed by atoms with Gasteiger partial charge in [0.25, 0.3) is 0 Å². The summed E-state index contributed by atoms with van der Waals surface area (Å²) >= 11 is 0. The number of fused-ring (bicyclic) bond motifs is 1. The minimum atomic E-state index is 0.0393. The molecule has 1 aromatic heterocycles. The molecule has 1 unspecified atom stereocenters. The van der Waals surface area contributed by atoms with Crippen LogP contribution in [0.25, 0.3) is 16.5 Å². The number of amides is 1. The summed E-state index contributed by atoms with van der Waals surface area (Å²) in [6.07, 6.45) is 6.36. The Hall–Kier alpha value is -4.07. The topological polar surface area (TPSA) is 102 Å². The van der Waals surface area contributed by atoms with Gasteiger partial charge in [-0.05, 0) is 30.7 Å². The van der Waals surface area contributed by atoms with Crippen LogP contribution in [0.15, 0.2) is 59.9 Å². The molecule has 0 saturated carbocycles. The molecule has 1 fully saturated rings. The highest BCUT2D eigenvalue weighted by atomic mass is 16.5. The van der Waals surface area contributed by atoms with Crippen molar-refractivity contribution in [2.75, 3.05) is 32.7 Å². The summed E-state index contributed by atoms with van der Waals surface area (Å²) in [6, 6.07) is 14.0. The summed E-state index contributed by atoms with van der Waals surface area (Å²) in [5, 5.41) is 4.04. The predicted molar refractivity (Wildman–Crippen MR) is 136 cm³/mol. The minimum Gasteiger partial charge on any atom is -0.497 e. The molecule has 0 bridgehead atoms. The van der Waals surface area contributed by atoms with Gasteiger partial charge in [-0.2, -0.15) is 0 Å². The van der Waals surface area contributed by atoms with Gasteiger partial charge in [-0.15, -0.1) is 0 Å². The predicted octanol–water partition coefficient (Wildman–Crippen LogP) is 3.67. The number of carbonyl (C=O) groups is 1. The second-order valence-corrected chi connectivity index (χ2v) is 8.09. The SMILES string of the molecule is CN=CC(=CN)c1cnc2ccc(N(CC3CCC(=O)N3)c3cc(OC)cc(OC)c3)cc2c1. The summed E-state index contributed by atoms with van der Waals surface area (Å²) in [6.45, 7) is 0.608. The molecule has 0 radical (unpaired) electrons. The van der Waals surface area contributed by atoms with Crippen molar-refractivity contribution in [1.29, 1.82) is 0 Å². The lowest BCUT2D eigenvalue weighted by Gasteiger charge is -2.29. The van der Waals surface area contributed by atoms with Crippen molar-refractivity contribution in [1.82, 2.24) is 10.3 Å². The highest BCUT2D eigenvalue weighted by Gasteiger charge is 2.25. The Morgan fingerprint density at radius 1 is 1.18 bits per heavy atom. The number of ether oxygens (including phenoxy) is 2. The molecular formula is C26H29N5O3. The molecule has 8 nitrogen and oxygen atoms in total. The molecule has 1 amide bonds. The number of nitrogens with zero attached hydrogens (tertiary/aromatic N) is 3. The molecule has 0 aliphatic carbocycles. The molecule has 2 heterocycles. The normalized spacial score (nSPS) is 16.1. The zero-order chi connectivity index (χ0) is 24.1. The first-order valence-corrected chi connectivity index (χ1v) is 11.1. The van der Waals surface area contributed by atoms with Gasteiger partial charge in [-0.3, -0.25) is 14.8 Å². The number of aromatic nitrogens is 1. The number of pyridine rings is 1. The van der Waals surface area contributed by atoms with Gasteiger partial charge in [0.2, 0.25) is 5.91 Å². The number of rotatable bonds is 8. The van der Waals surface area contributed by atoms with E-state index in [0.29, 0.717) is 24.5 Å². The number of aliphatic imine (C=N–C) groups is 1. The van der Waals surface area contributed by atoms with Crippen molar-refractivity contribution in [3.63, 3.8) is 0 Å². The number of hydrogen-bond acceptors (Lipinski definition) is 7. The third-order valence-electron chi connectivity index (χ3n) is 5.89. The first-order chi connectivity index (χ1) is 16.5. The highest BCUT2D eigenvalue weighted by molar-refractivity contribution is 6.10. The Kier molecular flexibility index (Phi) is 6.96.